The molecule has 1 unspecified atom stereocenters. The van der Waals surface area contributed by atoms with Gasteiger partial charge in [0.15, 0.2) is 17.6 Å². The number of hydrogen-bond acceptors (Lipinski definition) is 4. The minimum Gasteiger partial charge on any atom is -0.484 e. The maximum atomic E-state index is 13.4. The first kappa shape index (κ1) is 21.3. The van der Waals surface area contributed by atoms with Crippen molar-refractivity contribution in [2.75, 3.05) is 27.7 Å². The lowest BCUT2D eigenvalue weighted by molar-refractivity contribution is -0.130. The van der Waals surface area contributed by atoms with Crippen LogP contribution < -0.4 is 10.1 Å². The maximum Gasteiger partial charge on any atom is 0.259 e. The number of carbonyl (C=O) groups is 1. The van der Waals surface area contributed by atoms with E-state index in [9.17, 15) is 9.00 Å². The number of amides is 1. The van der Waals surface area contributed by atoms with Crippen LogP contribution in [0.2, 0.25) is 0 Å². The normalized spacial score (nSPS) is 14.9. The summed E-state index contributed by atoms with van der Waals surface area (Å²) in [7, 11) is 3.88. The van der Waals surface area contributed by atoms with Crippen LogP contribution in [0, 0.1) is 0 Å². The number of ether oxygens (including phenoxy) is 1. The van der Waals surface area contributed by atoms with Gasteiger partial charge in [-0.2, -0.15) is 0 Å². The molecule has 0 fully saturated rings. The van der Waals surface area contributed by atoms with Gasteiger partial charge in [0.25, 0.3) is 5.91 Å². The summed E-state index contributed by atoms with van der Waals surface area (Å²) in [6, 6.07) is 9.28. The monoisotopic (exact) mass is 415 g/mol. The van der Waals surface area contributed by atoms with Gasteiger partial charge in [-0.1, -0.05) is 12.1 Å². The summed E-state index contributed by atoms with van der Waals surface area (Å²) in [5.74, 6) is 0.414. The van der Waals surface area contributed by atoms with Gasteiger partial charge in [0, 0.05) is 26.8 Å². The van der Waals surface area contributed by atoms with Gasteiger partial charge in [0.2, 0.25) is 0 Å². The fraction of sp³-hybridized carbons (Fsp3) is 0.409. The first-order valence-corrected chi connectivity index (χ1v) is 11.0. The highest BCUT2D eigenvalue weighted by atomic mass is 32.2. The lowest BCUT2D eigenvalue weighted by Gasteiger charge is -2.16. The third-order valence-electron chi connectivity index (χ3n) is 4.89. The Kier molecular flexibility index (Phi) is 7.28. The van der Waals surface area contributed by atoms with E-state index in [1.165, 1.54) is 16.9 Å². The maximum absolute atomic E-state index is 13.4. The number of aromatic nitrogens is 1. The fourth-order valence-corrected chi connectivity index (χ4v) is 4.52. The van der Waals surface area contributed by atoms with Gasteiger partial charge in [-0.05, 0) is 68.1 Å². The van der Waals surface area contributed by atoms with Crippen molar-refractivity contribution >= 4 is 22.5 Å². The molecule has 1 N–H and O–H groups in total. The molecular weight excluding hydrogens is 386 g/mol. The summed E-state index contributed by atoms with van der Waals surface area (Å²) < 4.78 is 20.9. The average molecular weight is 416 g/mol. The van der Waals surface area contributed by atoms with Gasteiger partial charge in [0.1, 0.15) is 5.75 Å². The van der Waals surface area contributed by atoms with Crippen LogP contribution >= 0.6 is 0 Å². The highest BCUT2D eigenvalue weighted by Crippen LogP contribution is 2.30. The zero-order valence-electron chi connectivity index (χ0n) is 17.3. The molecule has 3 rings (SSSR count). The summed E-state index contributed by atoms with van der Waals surface area (Å²) in [6.45, 7) is 0.678. The molecular formula is C22H29N3O3S. The standard InChI is InChI=1S/C22H29N3O3S/c1-23-14-17-12-21(18-8-5-4-6-9-18)25(15-17)29(27)20-11-7-10-19(13-20)28-16-22(26)24(2)3/h7-8,10-13,15,23H,4-6,9,14,16H2,1-3H3. The molecule has 0 radical (unpaired) electrons. The van der Waals surface area contributed by atoms with E-state index in [4.69, 9.17) is 4.74 Å². The van der Waals surface area contributed by atoms with Gasteiger partial charge in [-0.25, -0.2) is 4.21 Å². The molecule has 1 amide bonds. The van der Waals surface area contributed by atoms with E-state index in [1.54, 1.807) is 32.3 Å². The Morgan fingerprint density at radius 2 is 2.10 bits per heavy atom. The molecule has 1 aliphatic rings. The second-order valence-corrected chi connectivity index (χ2v) is 8.73. The average Bonchev–Trinajstić information content (AvgIpc) is 3.16. The Balaban J connectivity index is 1.87. The smallest absolute Gasteiger partial charge is 0.259 e. The second-order valence-electron chi connectivity index (χ2n) is 7.37. The number of allylic oxidation sites excluding steroid dienone is 2. The quantitative estimate of drug-likeness (QED) is 0.719. The molecule has 1 atom stereocenters. The number of hydrogen-bond donors (Lipinski definition) is 1. The molecule has 2 aromatic rings. The van der Waals surface area contributed by atoms with Crippen LogP contribution in [0.5, 0.6) is 5.75 Å². The van der Waals surface area contributed by atoms with E-state index >= 15 is 0 Å². The fourth-order valence-electron chi connectivity index (χ4n) is 3.30. The van der Waals surface area contributed by atoms with E-state index in [0.29, 0.717) is 10.6 Å². The van der Waals surface area contributed by atoms with Crippen LogP contribution in [-0.4, -0.2) is 46.7 Å². The number of rotatable bonds is 8. The predicted octanol–water partition coefficient (Wildman–Crippen LogP) is 3.20. The van der Waals surface area contributed by atoms with Gasteiger partial charge in [-0.3, -0.25) is 8.77 Å². The van der Waals surface area contributed by atoms with Crippen molar-refractivity contribution in [3.8, 4) is 5.75 Å². The van der Waals surface area contributed by atoms with E-state index in [1.807, 2.05) is 23.3 Å². The molecule has 1 aliphatic carbocycles. The molecule has 29 heavy (non-hydrogen) atoms. The van der Waals surface area contributed by atoms with Crippen LogP contribution in [0.4, 0.5) is 0 Å². The topological polar surface area (TPSA) is 63.6 Å². The third-order valence-corrected chi connectivity index (χ3v) is 6.21. The summed E-state index contributed by atoms with van der Waals surface area (Å²) in [6.07, 6.45) is 8.67. The number of benzene rings is 1. The Morgan fingerprint density at radius 1 is 1.28 bits per heavy atom. The van der Waals surface area contributed by atoms with Crippen molar-refractivity contribution in [3.63, 3.8) is 0 Å². The highest BCUT2D eigenvalue weighted by molar-refractivity contribution is 7.83. The van der Waals surface area contributed by atoms with Crippen molar-refractivity contribution < 1.29 is 13.7 Å². The molecule has 1 aromatic heterocycles. The van der Waals surface area contributed by atoms with Gasteiger partial charge >= 0.3 is 0 Å². The van der Waals surface area contributed by atoms with Crippen LogP contribution in [0.1, 0.15) is 36.9 Å². The molecule has 7 heteroatoms. The van der Waals surface area contributed by atoms with E-state index in [-0.39, 0.29) is 12.5 Å². The highest BCUT2D eigenvalue weighted by Gasteiger charge is 2.18. The molecule has 6 nitrogen and oxygen atoms in total. The molecule has 0 saturated heterocycles. The van der Waals surface area contributed by atoms with E-state index in [2.05, 4.69) is 17.5 Å². The molecule has 0 bridgehead atoms. The molecule has 0 aliphatic heterocycles. The van der Waals surface area contributed by atoms with Crippen molar-refractivity contribution in [2.24, 2.45) is 0 Å². The lowest BCUT2D eigenvalue weighted by atomic mass is 9.97. The minimum absolute atomic E-state index is 0.0446. The zero-order chi connectivity index (χ0) is 20.8. The van der Waals surface area contributed by atoms with Crippen LogP contribution in [-0.2, 0) is 22.3 Å². The first-order valence-electron chi connectivity index (χ1n) is 9.90. The Morgan fingerprint density at radius 3 is 2.79 bits per heavy atom. The first-order chi connectivity index (χ1) is 14.0. The Hall–Kier alpha value is -2.38. The van der Waals surface area contributed by atoms with E-state index < -0.39 is 11.0 Å². The summed E-state index contributed by atoms with van der Waals surface area (Å²) in [5, 5.41) is 3.16. The van der Waals surface area contributed by atoms with Crippen LogP contribution in [0.3, 0.4) is 0 Å². The molecule has 1 heterocycles. The SMILES string of the molecule is CNCc1cc(C2=CCCCC2)n(S(=O)c2cccc(OCC(=O)N(C)C)c2)c1. The second kappa shape index (κ2) is 9.89. The molecule has 0 saturated carbocycles. The van der Waals surface area contributed by atoms with Gasteiger partial charge in [-0.15, -0.1) is 0 Å². The summed E-state index contributed by atoms with van der Waals surface area (Å²) >= 11 is 0. The number of likely N-dealkylation sites (N-methyl/N-ethyl adjacent to an activating group) is 1. The molecule has 0 spiro atoms. The van der Waals surface area contributed by atoms with Crippen molar-refractivity contribution in [1.82, 2.24) is 14.2 Å². The molecule has 1 aromatic carbocycles. The lowest BCUT2D eigenvalue weighted by Crippen LogP contribution is -2.27. The number of carbonyl (C=O) groups excluding carboxylic acids is 1. The predicted molar refractivity (Wildman–Crippen MR) is 116 cm³/mol. The number of nitrogens with one attached hydrogen (secondary N) is 1. The van der Waals surface area contributed by atoms with Crippen molar-refractivity contribution in [2.45, 2.75) is 37.1 Å². The molecule has 156 valence electrons. The minimum atomic E-state index is -1.40. The summed E-state index contributed by atoms with van der Waals surface area (Å²) in [5.41, 5.74) is 3.38. The Bertz CT molecular complexity index is 918. The van der Waals surface area contributed by atoms with Crippen LogP contribution in [0.25, 0.3) is 5.57 Å². The zero-order valence-corrected chi connectivity index (χ0v) is 18.1. The van der Waals surface area contributed by atoms with Crippen molar-refractivity contribution in [1.29, 1.82) is 0 Å². The van der Waals surface area contributed by atoms with E-state index in [0.717, 1.165) is 37.1 Å². The van der Waals surface area contributed by atoms with Crippen molar-refractivity contribution in [3.05, 3.63) is 53.9 Å². The summed E-state index contributed by atoms with van der Waals surface area (Å²) in [4.78, 5) is 13.9. The van der Waals surface area contributed by atoms with Gasteiger partial charge < -0.3 is 15.0 Å². The third kappa shape index (κ3) is 5.36. The van der Waals surface area contributed by atoms with Gasteiger partial charge in [0.05, 0.1) is 10.6 Å². The Labute approximate surface area is 175 Å². The van der Waals surface area contributed by atoms with Crippen LogP contribution in [0.15, 0.2) is 47.5 Å². The largest absolute Gasteiger partial charge is 0.484 e. The number of nitrogens with zero attached hydrogens (tertiary/aromatic N) is 2.